The molecular formula is C14H12F3N5O2S. The van der Waals surface area contributed by atoms with E-state index in [9.17, 15) is 18.0 Å². The lowest BCUT2D eigenvalue weighted by molar-refractivity contribution is -0.147. The van der Waals surface area contributed by atoms with Crippen LogP contribution in [-0.4, -0.2) is 30.5 Å². The van der Waals surface area contributed by atoms with Gasteiger partial charge in [-0.15, -0.1) is 11.3 Å². The van der Waals surface area contributed by atoms with Crippen LogP contribution in [-0.2, 0) is 35.9 Å². The summed E-state index contributed by atoms with van der Waals surface area (Å²) in [7, 11) is 1.79. The summed E-state index contributed by atoms with van der Waals surface area (Å²) in [5.41, 5.74) is 0.343. The Bertz CT molecular complexity index is 883. The average molecular weight is 371 g/mol. The smallest absolute Gasteiger partial charge is 0.435 e. The molecule has 0 N–H and O–H groups in total. The predicted octanol–water partition coefficient (Wildman–Crippen LogP) is 2.50. The summed E-state index contributed by atoms with van der Waals surface area (Å²) in [6, 6.07) is 0.799. The van der Waals surface area contributed by atoms with Gasteiger partial charge in [-0.3, -0.25) is 14.2 Å². The van der Waals surface area contributed by atoms with Crippen molar-refractivity contribution < 1.29 is 22.7 Å². The Kier molecular flexibility index (Phi) is 4.57. The minimum Gasteiger partial charge on any atom is -0.458 e. The molecule has 0 radical (unpaired) electrons. The van der Waals surface area contributed by atoms with Gasteiger partial charge in [-0.25, -0.2) is 4.98 Å². The predicted molar refractivity (Wildman–Crippen MR) is 81.3 cm³/mol. The summed E-state index contributed by atoms with van der Waals surface area (Å²) < 4.78 is 44.9. The van der Waals surface area contributed by atoms with Crippen molar-refractivity contribution in [1.82, 2.24) is 24.5 Å². The zero-order chi connectivity index (χ0) is 18.0. The van der Waals surface area contributed by atoms with Crippen molar-refractivity contribution in [3.63, 3.8) is 0 Å². The fourth-order valence-electron chi connectivity index (χ4n) is 1.97. The molecule has 0 atom stereocenters. The maximum atomic E-state index is 12.4. The number of thiazole rings is 1. The molecule has 3 aromatic rings. The number of nitrogens with zero attached hydrogens (tertiary/aromatic N) is 5. The largest absolute Gasteiger partial charge is 0.458 e. The molecule has 0 fully saturated rings. The molecule has 0 amide bonds. The van der Waals surface area contributed by atoms with Gasteiger partial charge in [0.1, 0.15) is 18.2 Å². The van der Waals surface area contributed by atoms with E-state index in [2.05, 4.69) is 15.2 Å². The third-order valence-corrected chi connectivity index (χ3v) is 4.05. The van der Waals surface area contributed by atoms with Crippen LogP contribution in [0.4, 0.5) is 13.2 Å². The molecule has 7 nitrogen and oxygen atoms in total. The number of esters is 1. The molecular weight excluding hydrogens is 359 g/mol. The average Bonchev–Trinajstić information content (AvgIpc) is 3.24. The molecule has 0 aliphatic heterocycles. The first-order valence-electron chi connectivity index (χ1n) is 7.01. The summed E-state index contributed by atoms with van der Waals surface area (Å²) in [5, 5.41) is 9.82. The van der Waals surface area contributed by atoms with Gasteiger partial charge in [-0.05, 0) is 6.07 Å². The molecule has 11 heteroatoms. The van der Waals surface area contributed by atoms with E-state index in [0.717, 1.165) is 27.5 Å². The van der Waals surface area contributed by atoms with Crippen molar-refractivity contribution in [2.75, 3.05) is 0 Å². The van der Waals surface area contributed by atoms with Crippen LogP contribution in [0.5, 0.6) is 0 Å². The van der Waals surface area contributed by atoms with E-state index in [-0.39, 0.29) is 6.61 Å². The molecule has 0 saturated heterocycles. The van der Waals surface area contributed by atoms with Crippen molar-refractivity contribution in [2.24, 2.45) is 7.05 Å². The lowest BCUT2D eigenvalue weighted by Gasteiger charge is -2.04. The molecule has 0 aliphatic rings. The van der Waals surface area contributed by atoms with Crippen LogP contribution in [0.25, 0.3) is 10.6 Å². The van der Waals surface area contributed by atoms with Crippen molar-refractivity contribution in [3.8, 4) is 10.6 Å². The van der Waals surface area contributed by atoms with Crippen LogP contribution in [0.2, 0.25) is 0 Å². The molecule has 0 aliphatic carbocycles. The van der Waals surface area contributed by atoms with E-state index in [1.165, 1.54) is 11.3 Å². The Morgan fingerprint density at radius 3 is 2.84 bits per heavy atom. The van der Waals surface area contributed by atoms with Gasteiger partial charge >= 0.3 is 12.1 Å². The van der Waals surface area contributed by atoms with Crippen LogP contribution in [0.3, 0.4) is 0 Å². The molecule has 0 aromatic carbocycles. The first kappa shape index (κ1) is 17.1. The van der Waals surface area contributed by atoms with Crippen LogP contribution >= 0.6 is 11.3 Å². The highest BCUT2D eigenvalue weighted by molar-refractivity contribution is 7.13. The Labute approximate surface area is 143 Å². The Morgan fingerprint density at radius 1 is 1.40 bits per heavy atom. The van der Waals surface area contributed by atoms with E-state index < -0.39 is 24.4 Å². The fraction of sp³-hybridized carbons (Fsp3) is 0.286. The van der Waals surface area contributed by atoms with E-state index in [4.69, 9.17) is 4.74 Å². The van der Waals surface area contributed by atoms with Crippen LogP contribution < -0.4 is 0 Å². The summed E-state index contributed by atoms with van der Waals surface area (Å²) in [5.74, 6) is -0.701. The summed E-state index contributed by atoms with van der Waals surface area (Å²) in [6.07, 6.45) is 0.0149. The van der Waals surface area contributed by atoms with Gasteiger partial charge in [0, 0.05) is 30.4 Å². The minimum absolute atomic E-state index is 0.0665. The van der Waals surface area contributed by atoms with E-state index >= 15 is 0 Å². The number of rotatable bonds is 5. The van der Waals surface area contributed by atoms with E-state index in [1.807, 2.05) is 6.20 Å². The number of aromatic nitrogens is 5. The SMILES string of the molecule is Cn1cc(-c2nc(COC(=O)Cn3ccc(C(F)(F)F)n3)cs2)cn1. The zero-order valence-corrected chi connectivity index (χ0v) is 13.7. The Balaban J connectivity index is 1.54. The van der Waals surface area contributed by atoms with Gasteiger partial charge in [0.25, 0.3) is 0 Å². The van der Waals surface area contributed by atoms with Crippen molar-refractivity contribution >= 4 is 17.3 Å². The Morgan fingerprint density at radius 2 is 2.20 bits per heavy atom. The van der Waals surface area contributed by atoms with E-state index in [0.29, 0.717) is 5.69 Å². The molecule has 3 heterocycles. The highest BCUT2D eigenvalue weighted by Gasteiger charge is 2.33. The zero-order valence-electron chi connectivity index (χ0n) is 12.9. The first-order valence-corrected chi connectivity index (χ1v) is 7.89. The lowest BCUT2D eigenvalue weighted by atomic mass is 10.4. The number of hydrogen-bond acceptors (Lipinski definition) is 6. The van der Waals surface area contributed by atoms with Gasteiger partial charge in [0.2, 0.25) is 0 Å². The van der Waals surface area contributed by atoms with Crippen molar-refractivity contribution in [1.29, 1.82) is 0 Å². The number of halogens is 3. The van der Waals surface area contributed by atoms with Gasteiger partial charge < -0.3 is 4.74 Å². The number of aryl methyl sites for hydroxylation is 1. The number of carbonyl (C=O) groups excluding carboxylic acids is 1. The third-order valence-electron chi connectivity index (χ3n) is 3.11. The van der Waals surface area contributed by atoms with Crippen LogP contribution in [0.15, 0.2) is 30.0 Å². The topological polar surface area (TPSA) is 74.8 Å². The number of hydrogen-bond donors (Lipinski definition) is 0. The number of carbonyl (C=O) groups is 1. The monoisotopic (exact) mass is 371 g/mol. The molecule has 3 rings (SSSR count). The van der Waals surface area contributed by atoms with Gasteiger partial charge in [-0.2, -0.15) is 23.4 Å². The summed E-state index contributed by atoms with van der Waals surface area (Å²) >= 11 is 1.38. The first-order chi connectivity index (χ1) is 11.8. The lowest BCUT2D eigenvalue weighted by Crippen LogP contribution is -2.15. The number of ether oxygens (including phenoxy) is 1. The van der Waals surface area contributed by atoms with Gasteiger partial charge in [0.05, 0.1) is 11.9 Å². The highest BCUT2D eigenvalue weighted by Crippen LogP contribution is 2.27. The maximum absolute atomic E-state index is 12.4. The molecule has 0 saturated carbocycles. The fourth-order valence-corrected chi connectivity index (χ4v) is 2.75. The third kappa shape index (κ3) is 4.24. The van der Waals surface area contributed by atoms with Crippen molar-refractivity contribution in [3.05, 3.63) is 41.4 Å². The van der Waals surface area contributed by atoms with Crippen molar-refractivity contribution in [2.45, 2.75) is 19.3 Å². The second-order valence-electron chi connectivity index (χ2n) is 5.10. The second-order valence-corrected chi connectivity index (χ2v) is 5.96. The quantitative estimate of drug-likeness (QED) is 0.644. The molecule has 25 heavy (non-hydrogen) atoms. The molecule has 0 spiro atoms. The molecule has 0 bridgehead atoms. The molecule has 3 aromatic heterocycles. The standard InChI is InChI=1S/C14H12F3N5O2S/c1-21-5-9(4-18-21)13-19-10(8-25-13)7-24-12(23)6-22-3-2-11(20-22)14(15,16)17/h2-5,8H,6-7H2,1H3. The van der Waals surface area contributed by atoms with Gasteiger partial charge in [-0.1, -0.05) is 0 Å². The minimum atomic E-state index is -4.54. The molecule has 132 valence electrons. The molecule has 0 unspecified atom stereocenters. The van der Waals surface area contributed by atoms with Crippen LogP contribution in [0.1, 0.15) is 11.4 Å². The van der Waals surface area contributed by atoms with Crippen LogP contribution in [0, 0.1) is 0 Å². The second kappa shape index (κ2) is 6.67. The summed E-state index contributed by atoms with van der Waals surface area (Å²) in [6.45, 7) is -0.474. The normalized spacial score (nSPS) is 11.7. The maximum Gasteiger partial charge on any atom is 0.435 e. The number of alkyl halides is 3. The Hall–Kier alpha value is -2.69. The van der Waals surface area contributed by atoms with E-state index in [1.54, 1.807) is 23.3 Å². The van der Waals surface area contributed by atoms with Gasteiger partial charge in [0.15, 0.2) is 5.69 Å². The highest BCUT2D eigenvalue weighted by atomic mass is 32.1. The summed E-state index contributed by atoms with van der Waals surface area (Å²) in [4.78, 5) is 16.0.